The Morgan fingerprint density at radius 1 is 1.30 bits per heavy atom. The second kappa shape index (κ2) is 8.17. The van der Waals surface area contributed by atoms with Crippen LogP contribution in [0.2, 0.25) is 5.02 Å². The van der Waals surface area contributed by atoms with Crippen LogP contribution >= 0.6 is 23.4 Å². The van der Waals surface area contributed by atoms with Crippen molar-refractivity contribution in [1.82, 2.24) is 0 Å². The Kier molecular flexibility index (Phi) is 6.24. The van der Waals surface area contributed by atoms with Gasteiger partial charge in [0.25, 0.3) is 5.76 Å². The number of amides is 1. The van der Waals surface area contributed by atoms with Crippen molar-refractivity contribution >= 4 is 35.0 Å². The minimum atomic E-state index is -2.62. The molecule has 0 fully saturated rings. The first kappa shape index (κ1) is 17.6. The van der Waals surface area contributed by atoms with E-state index >= 15 is 0 Å². The number of benzene rings is 2. The average molecular weight is 358 g/mol. The van der Waals surface area contributed by atoms with E-state index in [9.17, 15) is 13.6 Å². The molecule has 2 aromatic rings. The Labute approximate surface area is 142 Å². The highest BCUT2D eigenvalue weighted by molar-refractivity contribution is 7.99. The maximum absolute atomic E-state index is 12.6. The maximum atomic E-state index is 12.6. The summed E-state index contributed by atoms with van der Waals surface area (Å²) in [4.78, 5) is 12.3. The number of hydrogen-bond acceptors (Lipinski definition) is 3. The lowest BCUT2D eigenvalue weighted by atomic mass is 10.1. The van der Waals surface area contributed by atoms with Crippen LogP contribution in [0.15, 0.2) is 47.4 Å². The molecule has 0 spiro atoms. The highest BCUT2D eigenvalue weighted by Gasteiger charge is 2.15. The van der Waals surface area contributed by atoms with Crippen LogP contribution in [-0.2, 0) is 11.2 Å². The fraction of sp³-hybridized carbons (Fsp3) is 0.188. The summed E-state index contributed by atoms with van der Waals surface area (Å²) in [5.41, 5.74) is 1.03. The Morgan fingerprint density at radius 2 is 2.04 bits per heavy atom. The van der Waals surface area contributed by atoms with Crippen LogP contribution in [0.3, 0.4) is 0 Å². The molecule has 0 bridgehead atoms. The molecule has 122 valence electrons. The molecule has 0 radical (unpaired) electrons. The number of ether oxygens (including phenoxy) is 1. The molecular formula is C16H14ClF2NO2S. The van der Waals surface area contributed by atoms with Gasteiger partial charge in [0, 0.05) is 0 Å². The number of hydrogen-bond donors (Lipinski definition) is 1. The number of methoxy groups -OCH3 is 1. The van der Waals surface area contributed by atoms with Gasteiger partial charge in [0.05, 0.1) is 29.1 Å². The van der Waals surface area contributed by atoms with E-state index in [1.165, 1.54) is 6.07 Å². The number of nitrogens with one attached hydrogen (secondary N) is 1. The minimum Gasteiger partial charge on any atom is -0.497 e. The van der Waals surface area contributed by atoms with Gasteiger partial charge in [0.2, 0.25) is 5.91 Å². The van der Waals surface area contributed by atoms with Gasteiger partial charge in [-0.1, -0.05) is 41.6 Å². The van der Waals surface area contributed by atoms with Crippen molar-refractivity contribution in [3.8, 4) is 5.75 Å². The third-order valence-corrected chi connectivity index (χ3v) is 4.23. The largest absolute Gasteiger partial charge is 0.497 e. The van der Waals surface area contributed by atoms with Gasteiger partial charge in [-0.25, -0.2) is 0 Å². The lowest BCUT2D eigenvalue weighted by Crippen LogP contribution is -2.15. The molecule has 0 unspecified atom stereocenters. The third kappa shape index (κ3) is 5.11. The molecule has 1 amide bonds. The van der Waals surface area contributed by atoms with Crippen molar-refractivity contribution in [2.45, 2.75) is 17.1 Å². The fourth-order valence-corrected chi connectivity index (χ4v) is 2.89. The third-order valence-electron chi connectivity index (χ3n) is 2.95. The maximum Gasteiger partial charge on any atom is 0.289 e. The fourth-order valence-electron chi connectivity index (χ4n) is 1.98. The predicted octanol–water partition coefficient (Wildman–Crippen LogP) is 4.84. The van der Waals surface area contributed by atoms with Crippen molar-refractivity contribution in [2.24, 2.45) is 0 Å². The van der Waals surface area contributed by atoms with E-state index in [1.54, 1.807) is 43.5 Å². The lowest BCUT2D eigenvalue weighted by Gasteiger charge is -2.12. The number of carbonyl (C=O) groups is 1. The summed E-state index contributed by atoms with van der Waals surface area (Å²) in [6, 6.07) is 11.7. The Bertz CT molecular complexity index is 698. The molecule has 0 saturated carbocycles. The number of anilines is 1. The van der Waals surface area contributed by atoms with E-state index in [-0.39, 0.29) is 27.9 Å². The van der Waals surface area contributed by atoms with Crippen LogP contribution in [0.4, 0.5) is 14.5 Å². The molecule has 0 aromatic heterocycles. The van der Waals surface area contributed by atoms with Crippen LogP contribution in [0.25, 0.3) is 0 Å². The van der Waals surface area contributed by atoms with Gasteiger partial charge in [-0.3, -0.25) is 4.79 Å². The van der Waals surface area contributed by atoms with Crippen LogP contribution < -0.4 is 10.1 Å². The van der Waals surface area contributed by atoms with E-state index in [2.05, 4.69) is 5.32 Å². The van der Waals surface area contributed by atoms with Crippen molar-refractivity contribution in [2.75, 3.05) is 12.4 Å². The van der Waals surface area contributed by atoms with Crippen molar-refractivity contribution < 1.29 is 18.3 Å². The Hall–Kier alpha value is -1.79. The van der Waals surface area contributed by atoms with E-state index in [0.717, 1.165) is 5.56 Å². The number of alkyl halides is 2. The molecular weight excluding hydrogens is 344 g/mol. The number of carbonyl (C=O) groups excluding carboxylic acids is 1. The SMILES string of the molecule is COc1cccc(CC(=O)Nc2cccc(Cl)c2SC(F)F)c1. The van der Waals surface area contributed by atoms with Gasteiger partial charge in [-0.15, -0.1) is 0 Å². The van der Waals surface area contributed by atoms with Crippen LogP contribution in [0.1, 0.15) is 5.56 Å². The molecule has 2 aromatic carbocycles. The number of thioether (sulfide) groups is 1. The van der Waals surface area contributed by atoms with Crippen molar-refractivity contribution in [3.05, 3.63) is 53.1 Å². The highest BCUT2D eigenvalue weighted by atomic mass is 35.5. The smallest absolute Gasteiger partial charge is 0.289 e. The van der Waals surface area contributed by atoms with E-state index < -0.39 is 5.76 Å². The number of halogens is 3. The standard InChI is InChI=1S/C16H14ClF2NO2S/c1-22-11-5-2-4-10(8-11)9-14(21)20-13-7-3-6-12(17)15(13)23-16(18)19/h2-8,16H,9H2,1H3,(H,20,21). The van der Waals surface area contributed by atoms with Gasteiger partial charge < -0.3 is 10.1 Å². The molecule has 0 saturated heterocycles. The van der Waals surface area contributed by atoms with Gasteiger partial charge in [0.15, 0.2) is 0 Å². The second-order valence-electron chi connectivity index (χ2n) is 4.57. The summed E-state index contributed by atoms with van der Waals surface area (Å²) >= 11 is 6.24. The van der Waals surface area contributed by atoms with Gasteiger partial charge in [0.1, 0.15) is 5.75 Å². The van der Waals surface area contributed by atoms with Crippen LogP contribution in [0, 0.1) is 0 Å². The number of rotatable bonds is 6. The molecule has 0 aliphatic rings. The molecule has 0 aliphatic heterocycles. The first-order valence-electron chi connectivity index (χ1n) is 6.65. The van der Waals surface area contributed by atoms with E-state index in [0.29, 0.717) is 17.5 Å². The second-order valence-corrected chi connectivity index (χ2v) is 5.98. The van der Waals surface area contributed by atoms with E-state index in [4.69, 9.17) is 16.3 Å². The first-order valence-corrected chi connectivity index (χ1v) is 7.91. The summed E-state index contributed by atoms with van der Waals surface area (Å²) in [5, 5.41) is 2.80. The normalized spacial score (nSPS) is 10.7. The summed E-state index contributed by atoms with van der Waals surface area (Å²) in [6.45, 7) is 0. The van der Waals surface area contributed by atoms with Gasteiger partial charge >= 0.3 is 0 Å². The van der Waals surface area contributed by atoms with Gasteiger partial charge in [-0.05, 0) is 29.8 Å². The monoisotopic (exact) mass is 357 g/mol. The zero-order valence-electron chi connectivity index (χ0n) is 12.2. The molecule has 2 rings (SSSR count). The lowest BCUT2D eigenvalue weighted by molar-refractivity contribution is -0.115. The molecule has 0 aliphatic carbocycles. The topological polar surface area (TPSA) is 38.3 Å². The summed E-state index contributed by atoms with van der Waals surface area (Å²) in [5.74, 6) is -2.30. The first-order chi connectivity index (χ1) is 11.0. The molecule has 0 atom stereocenters. The van der Waals surface area contributed by atoms with Crippen molar-refractivity contribution in [1.29, 1.82) is 0 Å². The molecule has 0 heterocycles. The molecule has 23 heavy (non-hydrogen) atoms. The Morgan fingerprint density at radius 3 is 2.74 bits per heavy atom. The van der Waals surface area contributed by atoms with Crippen LogP contribution in [-0.4, -0.2) is 18.8 Å². The summed E-state index contributed by atoms with van der Waals surface area (Å²) < 4.78 is 30.3. The highest BCUT2D eigenvalue weighted by Crippen LogP contribution is 2.37. The minimum absolute atomic E-state index is 0.0997. The molecule has 1 N–H and O–H groups in total. The zero-order chi connectivity index (χ0) is 16.8. The Balaban J connectivity index is 2.12. The van der Waals surface area contributed by atoms with Gasteiger partial charge in [-0.2, -0.15) is 8.78 Å². The molecule has 3 nitrogen and oxygen atoms in total. The summed E-state index contributed by atoms with van der Waals surface area (Å²) in [7, 11) is 1.54. The zero-order valence-corrected chi connectivity index (χ0v) is 13.8. The average Bonchev–Trinajstić information content (AvgIpc) is 2.50. The molecule has 7 heteroatoms. The van der Waals surface area contributed by atoms with Crippen molar-refractivity contribution in [3.63, 3.8) is 0 Å². The predicted molar refractivity (Wildman–Crippen MR) is 88.6 cm³/mol. The van der Waals surface area contributed by atoms with E-state index in [1.807, 2.05) is 0 Å². The quantitative estimate of drug-likeness (QED) is 0.751. The summed E-state index contributed by atoms with van der Waals surface area (Å²) in [6.07, 6.45) is 0.0997. The van der Waals surface area contributed by atoms with Crippen LogP contribution in [0.5, 0.6) is 5.75 Å².